The molecule has 0 fully saturated rings. The van der Waals surface area contributed by atoms with E-state index in [1.165, 1.54) is 145 Å². The van der Waals surface area contributed by atoms with Gasteiger partial charge in [-0.15, -0.1) is 22.7 Å². The first-order valence-electron chi connectivity index (χ1n) is 24.2. The van der Waals surface area contributed by atoms with Crippen molar-refractivity contribution in [2.75, 3.05) is 36.0 Å². The fourth-order valence-electron chi connectivity index (χ4n) is 8.77. The van der Waals surface area contributed by atoms with Crippen molar-refractivity contribution in [2.24, 2.45) is 0 Å². The number of unbranched alkanes of at least 4 members (excludes halogenated alkanes) is 12. The topological polar surface area (TPSA) is 32.3 Å². The highest BCUT2D eigenvalue weighted by atomic mass is 32.1. The second-order valence-electron chi connectivity index (χ2n) is 17.3. The molecule has 4 nitrogen and oxygen atoms in total. The van der Waals surface area contributed by atoms with Gasteiger partial charge >= 0.3 is 0 Å². The van der Waals surface area contributed by atoms with Crippen LogP contribution >= 0.6 is 22.7 Å². The van der Waals surface area contributed by atoms with Gasteiger partial charge in [0.15, 0.2) is 0 Å². The monoisotopic (exact) mass is 863 g/mol. The lowest BCUT2D eigenvalue weighted by atomic mass is 10.0. The SMILES string of the molecule is CCCCCCN(CCCCCC)c1ccc(/C=C/c2cc3nc4c(nc3cc2/C=C/c2ccc(N(CCCCCC)CCCCCC)cc2)c2sccc2c2ccsc24)cc1. The quantitative estimate of drug-likeness (QED) is 0.0308. The smallest absolute Gasteiger partial charge is 0.109 e. The fraction of sp³-hybridized carbons (Fsp3) is 0.429. The summed E-state index contributed by atoms with van der Waals surface area (Å²) in [4.78, 5) is 16.0. The fourth-order valence-corrected chi connectivity index (χ4v) is 10.6. The van der Waals surface area contributed by atoms with E-state index >= 15 is 0 Å². The Labute approximate surface area is 380 Å². The molecule has 0 unspecified atom stereocenters. The van der Waals surface area contributed by atoms with Crippen LogP contribution in [0.5, 0.6) is 0 Å². The third-order valence-electron chi connectivity index (χ3n) is 12.5. The summed E-state index contributed by atoms with van der Waals surface area (Å²) < 4.78 is 2.44. The molecule has 0 radical (unpaired) electrons. The second kappa shape index (κ2) is 23.8. The molecule has 0 saturated heterocycles. The van der Waals surface area contributed by atoms with Crippen LogP contribution < -0.4 is 9.80 Å². The number of rotatable bonds is 26. The van der Waals surface area contributed by atoms with Crippen molar-refractivity contribution in [3.05, 3.63) is 106 Å². The highest BCUT2D eigenvalue weighted by Crippen LogP contribution is 2.40. The van der Waals surface area contributed by atoms with E-state index in [1.807, 2.05) is 0 Å². The van der Waals surface area contributed by atoms with Crippen molar-refractivity contribution < 1.29 is 0 Å². The maximum Gasteiger partial charge on any atom is 0.109 e. The van der Waals surface area contributed by atoms with Crippen LogP contribution in [-0.2, 0) is 0 Å². The van der Waals surface area contributed by atoms with Crippen LogP contribution in [-0.4, -0.2) is 36.1 Å². The van der Waals surface area contributed by atoms with E-state index in [9.17, 15) is 0 Å². The van der Waals surface area contributed by atoms with E-state index in [0.717, 1.165) is 59.4 Å². The summed E-state index contributed by atoms with van der Waals surface area (Å²) in [5, 5.41) is 6.92. The highest BCUT2D eigenvalue weighted by molar-refractivity contribution is 7.20. The van der Waals surface area contributed by atoms with Crippen LogP contribution in [0, 0.1) is 0 Å². The van der Waals surface area contributed by atoms with E-state index in [0.29, 0.717) is 0 Å². The molecule has 0 aliphatic carbocycles. The minimum absolute atomic E-state index is 0.930. The number of fused-ring (bicyclic) bond motifs is 7. The van der Waals surface area contributed by atoms with Gasteiger partial charge in [0.1, 0.15) is 11.0 Å². The van der Waals surface area contributed by atoms with Crippen molar-refractivity contribution >= 4 is 101 Å². The largest absolute Gasteiger partial charge is 0.372 e. The van der Waals surface area contributed by atoms with Gasteiger partial charge in [-0.1, -0.05) is 153 Å². The van der Waals surface area contributed by atoms with Gasteiger partial charge in [-0.25, -0.2) is 9.97 Å². The zero-order valence-corrected chi connectivity index (χ0v) is 39.8. The van der Waals surface area contributed by atoms with Crippen LogP contribution in [0.25, 0.3) is 66.5 Å². The Morgan fingerprint density at radius 2 is 0.774 bits per heavy atom. The van der Waals surface area contributed by atoms with Crippen molar-refractivity contribution in [3.8, 4) is 0 Å². The van der Waals surface area contributed by atoms with Crippen molar-refractivity contribution in [1.82, 2.24) is 9.97 Å². The average Bonchev–Trinajstić information content (AvgIpc) is 4.00. The Morgan fingerprint density at radius 3 is 1.11 bits per heavy atom. The Bertz CT molecular complexity index is 2290. The van der Waals surface area contributed by atoms with Gasteiger partial charge in [0.2, 0.25) is 0 Å². The zero-order valence-electron chi connectivity index (χ0n) is 38.1. The van der Waals surface area contributed by atoms with Crippen molar-refractivity contribution in [3.63, 3.8) is 0 Å². The lowest BCUT2D eigenvalue weighted by molar-refractivity contribution is 0.609. The summed E-state index contributed by atoms with van der Waals surface area (Å²) >= 11 is 3.53. The molecule has 0 amide bonds. The Balaban J connectivity index is 1.19. The van der Waals surface area contributed by atoms with E-state index in [2.05, 4.69) is 145 Å². The first kappa shape index (κ1) is 45.5. The molecule has 0 spiro atoms. The van der Waals surface area contributed by atoms with Gasteiger partial charge in [0.25, 0.3) is 0 Å². The number of hydrogen-bond donors (Lipinski definition) is 0. The summed E-state index contributed by atoms with van der Waals surface area (Å²) in [5.74, 6) is 0. The normalized spacial score (nSPS) is 12.1. The molecule has 0 aliphatic heterocycles. The predicted octanol–water partition coefficient (Wildman–Crippen LogP) is 17.5. The Kier molecular flexibility index (Phi) is 17.5. The molecule has 7 aromatic rings. The van der Waals surface area contributed by atoms with Gasteiger partial charge < -0.3 is 9.80 Å². The number of thiophene rings is 2. The summed E-state index contributed by atoms with van der Waals surface area (Å²) in [5.41, 5.74) is 11.2. The molecule has 62 heavy (non-hydrogen) atoms. The van der Waals surface area contributed by atoms with Gasteiger partial charge in [0, 0.05) is 48.3 Å². The number of aromatic nitrogens is 2. The molecule has 6 heteroatoms. The molecule has 0 saturated carbocycles. The lowest BCUT2D eigenvalue weighted by Crippen LogP contribution is -2.25. The van der Waals surface area contributed by atoms with Crippen LogP contribution in [0.4, 0.5) is 11.4 Å². The zero-order chi connectivity index (χ0) is 42.9. The summed E-state index contributed by atoms with van der Waals surface area (Å²) in [6, 6.07) is 27.4. The van der Waals surface area contributed by atoms with Crippen LogP contribution in [0.15, 0.2) is 83.6 Å². The Hall–Kier alpha value is -4.52. The molecule has 3 heterocycles. The third kappa shape index (κ3) is 11.9. The highest BCUT2D eigenvalue weighted by Gasteiger charge is 2.16. The number of anilines is 2. The Morgan fingerprint density at radius 1 is 0.419 bits per heavy atom. The van der Waals surface area contributed by atoms with E-state index < -0.39 is 0 Å². The van der Waals surface area contributed by atoms with Gasteiger partial charge in [0.05, 0.1) is 20.4 Å². The average molecular weight is 863 g/mol. The molecular weight excluding hydrogens is 793 g/mol. The van der Waals surface area contributed by atoms with Crippen LogP contribution in [0.3, 0.4) is 0 Å². The number of nitrogens with zero attached hydrogens (tertiary/aromatic N) is 4. The molecule has 0 N–H and O–H groups in total. The van der Waals surface area contributed by atoms with E-state index in [-0.39, 0.29) is 0 Å². The summed E-state index contributed by atoms with van der Waals surface area (Å²) in [7, 11) is 0. The van der Waals surface area contributed by atoms with E-state index in [4.69, 9.17) is 9.97 Å². The summed E-state index contributed by atoms with van der Waals surface area (Å²) in [6.45, 7) is 13.7. The summed E-state index contributed by atoms with van der Waals surface area (Å²) in [6.07, 6.45) is 29.7. The molecule has 0 bridgehead atoms. The molecule has 4 aromatic carbocycles. The second-order valence-corrected chi connectivity index (χ2v) is 19.1. The van der Waals surface area contributed by atoms with Crippen molar-refractivity contribution in [1.29, 1.82) is 0 Å². The first-order chi connectivity index (χ1) is 30.6. The predicted molar refractivity (Wildman–Crippen MR) is 280 cm³/mol. The molecule has 326 valence electrons. The molecule has 0 atom stereocenters. The minimum atomic E-state index is 0.930. The maximum absolute atomic E-state index is 5.36. The van der Waals surface area contributed by atoms with Crippen LogP contribution in [0.2, 0.25) is 0 Å². The lowest BCUT2D eigenvalue weighted by Gasteiger charge is -2.25. The first-order valence-corrected chi connectivity index (χ1v) is 25.9. The standard InChI is InChI=1S/C56H70N4S2/c1-5-9-13-17-35-59(36-18-14-10-6-2)47-29-23-43(24-30-47)21-27-45-41-51-52(58-54-53(57-51)55-49(33-39-61-55)50-34-40-62-56(50)54)42-46(45)28-22-44-25-31-48(32-26-44)60(37-19-15-11-7-3)38-20-16-12-8-4/h21-34,39-42H,5-20,35-38H2,1-4H3/b27-21+,28-22+. The van der Waals surface area contributed by atoms with Gasteiger partial charge in [-0.2, -0.15) is 0 Å². The molecule has 7 rings (SSSR count). The van der Waals surface area contributed by atoms with E-state index in [1.54, 1.807) is 22.7 Å². The molecular formula is C56H70N4S2. The molecule has 3 aromatic heterocycles. The van der Waals surface area contributed by atoms with Gasteiger partial charge in [-0.05, 0) is 107 Å². The number of hydrogen-bond acceptors (Lipinski definition) is 6. The van der Waals surface area contributed by atoms with Gasteiger partial charge in [-0.3, -0.25) is 0 Å². The minimum Gasteiger partial charge on any atom is -0.372 e. The van der Waals surface area contributed by atoms with Crippen LogP contribution in [0.1, 0.15) is 153 Å². The van der Waals surface area contributed by atoms with Crippen molar-refractivity contribution in [2.45, 2.75) is 130 Å². The maximum atomic E-state index is 5.36. The molecule has 0 aliphatic rings. The number of benzene rings is 4. The third-order valence-corrected chi connectivity index (χ3v) is 14.3.